The second-order valence-electron chi connectivity index (χ2n) is 5.62. The van der Waals surface area contributed by atoms with E-state index in [0.29, 0.717) is 6.79 Å². The summed E-state index contributed by atoms with van der Waals surface area (Å²) in [5, 5.41) is 0. The van der Waals surface area contributed by atoms with Crippen LogP contribution in [0, 0.1) is 0 Å². The molecule has 3 aliphatic rings. The van der Waals surface area contributed by atoms with Crippen LogP contribution in [-0.2, 0) is 10.5 Å². The fourth-order valence-corrected chi connectivity index (χ4v) is 6.79. The van der Waals surface area contributed by atoms with Crippen molar-refractivity contribution in [1.29, 1.82) is 0 Å². The molecule has 0 radical (unpaired) electrons. The molecule has 2 aromatic carbocycles. The second-order valence-corrected chi connectivity index (χ2v) is 8.56. The third-order valence-electron chi connectivity index (χ3n) is 4.36. The van der Waals surface area contributed by atoms with Gasteiger partial charge in [-0.25, -0.2) is 0 Å². The van der Waals surface area contributed by atoms with Crippen molar-refractivity contribution in [3.8, 4) is 11.5 Å². The Morgan fingerprint density at radius 3 is 2.43 bits per heavy atom. The largest absolute Gasteiger partial charge is 0.454 e. The van der Waals surface area contributed by atoms with Gasteiger partial charge in [-0.2, -0.15) is 0 Å². The Balaban J connectivity index is 1.66. The van der Waals surface area contributed by atoms with Crippen molar-refractivity contribution in [2.45, 2.75) is 33.1 Å². The Labute approximate surface area is 132 Å². The topological polar surface area (TPSA) is 18.5 Å². The van der Waals surface area contributed by atoms with Crippen molar-refractivity contribution in [2.24, 2.45) is 0 Å². The zero-order valence-corrected chi connectivity index (χ0v) is 13.1. The predicted octanol–water partition coefficient (Wildman–Crippen LogP) is 4.80. The molecule has 106 valence electrons. The van der Waals surface area contributed by atoms with Gasteiger partial charge in [0.2, 0.25) is 6.79 Å². The number of hydrogen-bond acceptors (Lipinski definition) is 4. The smallest absolute Gasteiger partial charge is 0.231 e. The van der Waals surface area contributed by atoms with E-state index in [9.17, 15) is 0 Å². The third kappa shape index (κ3) is 1.75. The van der Waals surface area contributed by atoms with Crippen molar-refractivity contribution in [1.82, 2.24) is 0 Å². The van der Waals surface area contributed by atoms with Crippen molar-refractivity contribution in [3.63, 3.8) is 0 Å². The third-order valence-corrected chi connectivity index (χ3v) is 7.65. The number of benzene rings is 2. The number of hydrogen-bond donors (Lipinski definition) is 0. The molecule has 0 bridgehead atoms. The molecule has 1 aliphatic carbocycles. The van der Waals surface area contributed by atoms with Gasteiger partial charge in [-0.3, -0.25) is 0 Å². The fraction of sp³-hybridized carbons (Fsp3) is 0.294. The molecule has 0 N–H and O–H groups in total. The molecule has 0 amide bonds. The van der Waals surface area contributed by atoms with E-state index in [1.807, 2.05) is 23.5 Å². The van der Waals surface area contributed by atoms with Gasteiger partial charge in [0.05, 0.1) is 4.08 Å². The van der Waals surface area contributed by atoms with Gasteiger partial charge >= 0.3 is 0 Å². The highest BCUT2D eigenvalue weighted by Gasteiger charge is 2.44. The van der Waals surface area contributed by atoms with Crippen LogP contribution in [0.25, 0.3) is 0 Å². The van der Waals surface area contributed by atoms with E-state index in [4.69, 9.17) is 9.47 Å². The molecule has 21 heavy (non-hydrogen) atoms. The average molecular weight is 314 g/mol. The van der Waals surface area contributed by atoms with Crippen molar-refractivity contribution >= 4 is 23.5 Å². The Morgan fingerprint density at radius 1 is 0.952 bits per heavy atom. The quantitative estimate of drug-likeness (QED) is 0.695. The van der Waals surface area contributed by atoms with Gasteiger partial charge in [-0.1, -0.05) is 12.1 Å². The minimum atomic E-state index is 0.123. The van der Waals surface area contributed by atoms with E-state index in [1.165, 1.54) is 33.8 Å². The maximum atomic E-state index is 5.60. The van der Waals surface area contributed by atoms with Crippen LogP contribution in [-0.4, -0.2) is 6.79 Å². The Bertz CT molecular complexity index is 717. The van der Waals surface area contributed by atoms with Gasteiger partial charge in [0, 0.05) is 9.79 Å². The maximum absolute atomic E-state index is 5.60. The summed E-state index contributed by atoms with van der Waals surface area (Å²) in [6.07, 6.45) is 3.59. The highest BCUT2D eigenvalue weighted by molar-refractivity contribution is 8.20. The van der Waals surface area contributed by atoms with E-state index in [2.05, 4.69) is 36.4 Å². The summed E-state index contributed by atoms with van der Waals surface area (Å²) in [6, 6.07) is 13.2. The van der Waals surface area contributed by atoms with Gasteiger partial charge < -0.3 is 9.47 Å². The van der Waals surface area contributed by atoms with Crippen LogP contribution in [0.15, 0.2) is 46.2 Å². The molecule has 0 fully saturated rings. The van der Waals surface area contributed by atoms with Crippen molar-refractivity contribution in [2.75, 3.05) is 6.79 Å². The lowest BCUT2D eigenvalue weighted by Gasteiger charge is -2.34. The molecule has 5 rings (SSSR count). The lowest BCUT2D eigenvalue weighted by molar-refractivity contribution is 0.174. The van der Waals surface area contributed by atoms with Gasteiger partial charge in [0.1, 0.15) is 0 Å². The first kappa shape index (κ1) is 12.3. The molecule has 0 saturated carbocycles. The molecule has 2 aromatic rings. The molecule has 2 nitrogen and oxygen atoms in total. The molecule has 2 heterocycles. The predicted molar refractivity (Wildman–Crippen MR) is 85.3 cm³/mol. The summed E-state index contributed by atoms with van der Waals surface area (Å²) in [6.45, 7) is 0.353. The lowest BCUT2D eigenvalue weighted by atomic mass is 9.90. The zero-order valence-electron chi connectivity index (χ0n) is 11.4. The van der Waals surface area contributed by atoms with Crippen LogP contribution < -0.4 is 9.47 Å². The van der Waals surface area contributed by atoms with Crippen LogP contribution in [0.3, 0.4) is 0 Å². The molecule has 4 heteroatoms. The minimum absolute atomic E-state index is 0.123. The van der Waals surface area contributed by atoms with Crippen LogP contribution in [0.2, 0.25) is 0 Å². The summed E-state index contributed by atoms with van der Waals surface area (Å²) in [5.74, 6) is 1.82. The normalized spacial score (nSPS) is 20.4. The van der Waals surface area contributed by atoms with E-state index in [1.54, 1.807) is 0 Å². The first-order valence-electron chi connectivity index (χ1n) is 7.24. The first-order chi connectivity index (χ1) is 10.3. The summed E-state index contributed by atoms with van der Waals surface area (Å²) in [4.78, 5) is 2.82. The molecule has 1 spiro atoms. The van der Waals surface area contributed by atoms with Crippen LogP contribution in [0.4, 0.5) is 0 Å². The summed E-state index contributed by atoms with van der Waals surface area (Å²) >= 11 is 4.03. The molecular weight excluding hydrogens is 300 g/mol. The summed E-state index contributed by atoms with van der Waals surface area (Å²) < 4.78 is 11.3. The second kappa shape index (κ2) is 4.37. The van der Waals surface area contributed by atoms with Crippen molar-refractivity contribution < 1.29 is 9.47 Å². The Kier molecular flexibility index (Phi) is 2.56. The molecule has 2 aliphatic heterocycles. The molecule has 0 saturated heterocycles. The molecular formula is C17H14O2S2. The summed E-state index contributed by atoms with van der Waals surface area (Å²) in [7, 11) is 0. The van der Waals surface area contributed by atoms with Crippen LogP contribution >= 0.6 is 23.5 Å². The summed E-state index contributed by atoms with van der Waals surface area (Å²) in [5.41, 5.74) is 2.86. The van der Waals surface area contributed by atoms with Gasteiger partial charge in [0.15, 0.2) is 11.5 Å². The van der Waals surface area contributed by atoms with E-state index < -0.39 is 0 Å². The van der Waals surface area contributed by atoms with E-state index >= 15 is 0 Å². The van der Waals surface area contributed by atoms with Gasteiger partial charge in [-0.15, -0.1) is 23.5 Å². The van der Waals surface area contributed by atoms with Gasteiger partial charge in [-0.05, 0) is 54.7 Å². The SMILES string of the molecule is c1ccc2c(c1)SC1(CCCc3cc4c(cc31)OCO4)S2. The van der Waals surface area contributed by atoms with Crippen molar-refractivity contribution in [3.05, 3.63) is 47.5 Å². The number of thioether (sulfide) groups is 2. The zero-order chi connectivity index (χ0) is 13.9. The Morgan fingerprint density at radius 2 is 1.67 bits per heavy atom. The first-order valence-corrected chi connectivity index (χ1v) is 8.87. The number of ether oxygens (including phenoxy) is 2. The minimum Gasteiger partial charge on any atom is -0.454 e. The van der Waals surface area contributed by atoms with E-state index in [0.717, 1.165) is 17.9 Å². The number of aryl methyl sites for hydroxylation is 1. The maximum Gasteiger partial charge on any atom is 0.231 e. The van der Waals surface area contributed by atoms with Gasteiger partial charge in [0.25, 0.3) is 0 Å². The monoisotopic (exact) mass is 314 g/mol. The van der Waals surface area contributed by atoms with Crippen LogP contribution in [0.1, 0.15) is 24.0 Å². The fourth-order valence-electron chi connectivity index (χ4n) is 3.40. The lowest BCUT2D eigenvalue weighted by Crippen LogP contribution is -2.21. The standard InChI is InChI=1S/C17H14O2S2/c1-2-6-16-15(5-1)20-17(21-16)7-3-4-11-8-13-14(9-12(11)17)19-10-18-13/h1-2,5-6,8-9H,3-4,7,10H2. The Hall–Kier alpha value is -1.26. The highest BCUT2D eigenvalue weighted by atomic mass is 32.2. The number of rotatable bonds is 0. The molecule has 0 unspecified atom stereocenters. The van der Waals surface area contributed by atoms with Crippen LogP contribution in [0.5, 0.6) is 11.5 Å². The average Bonchev–Trinajstić information content (AvgIpc) is 3.09. The highest BCUT2D eigenvalue weighted by Crippen LogP contribution is 2.65. The number of fused-ring (bicyclic) bond motifs is 4. The molecule has 0 aromatic heterocycles. The molecule has 0 atom stereocenters. The van der Waals surface area contributed by atoms with E-state index in [-0.39, 0.29) is 4.08 Å².